The number of aromatic nitrogens is 4. The lowest BCUT2D eigenvalue weighted by Gasteiger charge is -2.16. The maximum Gasteiger partial charge on any atom is 0.308 e. The zero-order valence-electron chi connectivity index (χ0n) is 10.3. The molecule has 2 aromatic rings. The Hall–Kier alpha value is -2.06. The standard InChI is InChI=1S/C11H14N4O4/c1-2-19-7(17)3-6(16)10(18)8-9-11(14-4-12-8)15-5-13-9/h4-6,10,16,18H,2-3H2,1H3,(H,12,13,14,15). The highest BCUT2D eigenvalue weighted by Gasteiger charge is 2.25. The van der Waals surface area contributed by atoms with Gasteiger partial charge < -0.3 is 19.9 Å². The molecule has 0 fully saturated rings. The van der Waals surface area contributed by atoms with Crippen molar-refractivity contribution in [1.29, 1.82) is 0 Å². The van der Waals surface area contributed by atoms with Gasteiger partial charge in [0.1, 0.15) is 23.6 Å². The molecule has 8 heteroatoms. The third kappa shape index (κ3) is 2.85. The first kappa shape index (κ1) is 13.4. The summed E-state index contributed by atoms with van der Waals surface area (Å²) in [6, 6.07) is 0. The molecule has 0 spiro atoms. The molecule has 0 aliphatic carbocycles. The van der Waals surface area contributed by atoms with Gasteiger partial charge in [-0.15, -0.1) is 0 Å². The van der Waals surface area contributed by atoms with Crippen LogP contribution in [0.2, 0.25) is 0 Å². The zero-order valence-corrected chi connectivity index (χ0v) is 10.3. The number of H-pyrrole nitrogens is 1. The van der Waals surface area contributed by atoms with Crippen LogP contribution in [0.5, 0.6) is 0 Å². The first-order chi connectivity index (χ1) is 9.13. The Balaban J connectivity index is 2.16. The fourth-order valence-corrected chi connectivity index (χ4v) is 1.69. The van der Waals surface area contributed by atoms with Crippen LogP contribution < -0.4 is 0 Å². The molecular formula is C11H14N4O4. The third-order valence-corrected chi connectivity index (χ3v) is 2.58. The number of rotatable bonds is 5. The molecule has 102 valence electrons. The van der Waals surface area contributed by atoms with Crippen molar-refractivity contribution in [2.45, 2.75) is 25.6 Å². The van der Waals surface area contributed by atoms with Crippen LogP contribution in [0.1, 0.15) is 25.1 Å². The summed E-state index contributed by atoms with van der Waals surface area (Å²) in [5.41, 5.74) is 1.00. The normalized spacial score (nSPS) is 14.3. The van der Waals surface area contributed by atoms with Crippen LogP contribution in [0.3, 0.4) is 0 Å². The van der Waals surface area contributed by atoms with Gasteiger partial charge in [-0.2, -0.15) is 0 Å². The topological polar surface area (TPSA) is 121 Å². The first-order valence-corrected chi connectivity index (χ1v) is 5.79. The van der Waals surface area contributed by atoms with E-state index in [-0.39, 0.29) is 18.7 Å². The number of nitrogens with one attached hydrogen (secondary N) is 1. The van der Waals surface area contributed by atoms with Crippen LogP contribution >= 0.6 is 0 Å². The third-order valence-electron chi connectivity index (χ3n) is 2.58. The molecule has 2 atom stereocenters. The van der Waals surface area contributed by atoms with Crippen LogP contribution in [-0.2, 0) is 9.53 Å². The van der Waals surface area contributed by atoms with Crippen LogP contribution in [0.25, 0.3) is 11.2 Å². The van der Waals surface area contributed by atoms with E-state index >= 15 is 0 Å². The summed E-state index contributed by atoms with van der Waals surface area (Å²) in [6.07, 6.45) is -0.295. The summed E-state index contributed by atoms with van der Waals surface area (Å²) in [4.78, 5) is 25.8. The number of aliphatic hydroxyl groups is 2. The van der Waals surface area contributed by atoms with E-state index in [1.54, 1.807) is 6.92 Å². The van der Waals surface area contributed by atoms with Crippen molar-refractivity contribution in [3.05, 3.63) is 18.3 Å². The molecule has 0 bridgehead atoms. The van der Waals surface area contributed by atoms with E-state index in [4.69, 9.17) is 4.74 Å². The molecule has 2 unspecified atom stereocenters. The molecule has 2 rings (SSSR count). The highest BCUT2D eigenvalue weighted by Crippen LogP contribution is 2.22. The maximum absolute atomic E-state index is 11.3. The number of aliphatic hydroxyl groups excluding tert-OH is 2. The van der Waals surface area contributed by atoms with E-state index in [1.807, 2.05) is 0 Å². The molecule has 0 aliphatic heterocycles. The summed E-state index contributed by atoms with van der Waals surface area (Å²) < 4.78 is 4.71. The Morgan fingerprint density at radius 1 is 1.42 bits per heavy atom. The summed E-state index contributed by atoms with van der Waals surface area (Å²) in [5, 5.41) is 19.8. The highest BCUT2D eigenvalue weighted by atomic mass is 16.5. The van der Waals surface area contributed by atoms with Crippen molar-refractivity contribution in [2.24, 2.45) is 0 Å². The number of nitrogens with zero attached hydrogens (tertiary/aromatic N) is 3. The predicted molar refractivity (Wildman–Crippen MR) is 63.9 cm³/mol. The lowest BCUT2D eigenvalue weighted by molar-refractivity contribution is -0.147. The minimum absolute atomic E-state index is 0.194. The molecule has 0 saturated heterocycles. The second-order valence-electron chi connectivity index (χ2n) is 3.88. The fourth-order valence-electron chi connectivity index (χ4n) is 1.69. The summed E-state index contributed by atoms with van der Waals surface area (Å²) in [7, 11) is 0. The van der Waals surface area contributed by atoms with Crippen molar-refractivity contribution in [3.8, 4) is 0 Å². The Labute approximate surface area is 108 Å². The largest absolute Gasteiger partial charge is 0.466 e. The van der Waals surface area contributed by atoms with Gasteiger partial charge in [-0.1, -0.05) is 0 Å². The van der Waals surface area contributed by atoms with Gasteiger partial charge in [-0.25, -0.2) is 15.0 Å². The second-order valence-corrected chi connectivity index (χ2v) is 3.88. The molecule has 3 N–H and O–H groups in total. The number of carbonyl (C=O) groups excluding carboxylic acids is 1. The number of ether oxygens (including phenoxy) is 1. The molecule has 0 radical (unpaired) electrons. The van der Waals surface area contributed by atoms with Crippen molar-refractivity contribution >= 4 is 17.1 Å². The average Bonchev–Trinajstić information content (AvgIpc) is 2.86. The fraction of sp³-hybridized carbons (Fsp3) is 0.455. The average molecular weight is 266 g/mol. The second kappa shape index (κ2) is 5.72. The van der Waals surface area contributed by atoms with E-state index in [1.165, 1.54) is 12.7 Å². The van der Waals surface area contributed by atoms with Gasteiger partial charge in [-0.3, -0.25) is 4.79 Å². The van der Waals surface area contributed by atoms with Crippen LogP contribution in [0.4, 0.5) is 0 Å². The Bertz CT molecular complexity index is 571. The van der Waals surface area contributed by atoms with E-state index in [2.05, 4.69) is 19.9 Å². The summed E-state index contributed by atoms with van der Waals surface area (Å²) in [5.74, 6) is -0.580. The van der Waals surface area contributed by atoms with Gasteiger partial charge >= 0.3 is 5.97 Å². The molecule has 0 saturated carbocycles. The number of fused-ring (bicyclic) bond motifs is 1. The smallest absolute Gasteiger partial charge is 0.308 e. The van der Waals surface area contributed by atoms with Gasteiger partial charge in [0, 0.05) is 0 Å². The van der Waals surface area contributed by atoms with Crippen molar-refractivity contribution in [3.63, 3.8) is 0 Å². The molecule has 0 aliphatic rings. The zero-order chi connectivity index (χ0) is 13.8. The minimum Gasteiger partial charge on any atom is -0.466 e. The lowest BCUT2D eigenvalue weighted by Crippen LogP contribution is -2.24. The minimum atomic E-state index is -1.32. The van der Waals surface area contributed by atoms with Gasteiger partial charge in [0.2, 0.25) is 0 Å². The molecule has 0 amide bonds. The molecule has 2 aromatic heterocycles. The molecule has 8 nitrogen and oxygen atoms in total. The number of hydrogen-bond acceptors (Lipinski definition) is 7. The number of aromatic amines is 1. The van der Waals surface area contributed by atoms with E-state index in [9.17, 15) is 15.0 Å². The summed E-state index contributed by atoms with van der Waals surface area (Å²) in [6.45, 7) is 1.89. The quantitative estimate of drug-likeness (QED) is 0.635. The molecule has 19 heavy (non-hydrogen) atoms. The van der Waals surface area contributed by atoms with E-state index < -0.39 is 18.2 Å². The van der Waals surface area contributed by atoms with E-state index in [0.717, 1.165) is 0 Å². The number of carbonyl (C=O) groups is 1. The Morgan fingerprint density at radius 2 is 2.21 bits per heavy atom. The SMILES string of the molecule is CCOC(=O)CC(O)C(O)c1ncnc2nc[nH]c12. The van der Waals surface area contributed by atoms with Crippen LogP contribution in [-0.4, -0.2) is 48.8 Å². The molecule has 2 heterocycles. The van der Waals surface area contributed by atoms with Crippen LogP contribution in [0.15, 0.2) is 12.7 Å². The number of imidazole rings is 1. The van der Waals surface area contributed by atoms with Crippen LogP contribution in [0, 0.1) is 0 Å². The van der Waals surface area contributed by atoms with Gasteiger partial charge in [-0.05, 0) is 6.92 Å². The summed E-state index contributed by atoms with van der Waals surface area (Å²) >= 11 is 0. The molecular weight excluding hydrogens is 252 g/mol. The van der Waals surface area contributed by atoms with Crippen molar-refractivity contribution < 1.29 is 19.7 Å². The van der Waals surface area contributed by atoms with Crippen molar-refractivity contribution in [1.82, 2.24) is 19.9 Å². The van der Waals surface area contributed by atoms with Crippen molar-refractivity contribution in [2.75, 3.05) is 6.61 Å². The van der Waals surface area contributed by atoms with Gasteiger partial charge in [0.15, 0.2) is 5.65 Å². The lowest BCUT2D eigenvalue weighted by atomic mass is 10.1. The van der Waals surface area contributed by atoms with Gasteiger partial charge in [0.25, 0.3) is 0 Å². The highest BCUT2D eigenvalue weighted by molar-refractivity contribution is 5.73. The Kier molecular flexibility index (Phi) is 4.03. The maximum atomic E-state index is 11.3. The Morgan fingerprint density at radius 3 is 2.95 bits per heavy atom. The predicted octanol–water partition coefficient (Wildman–Crippen LogP) is -0.300. The molecule has 0 aromatic carbocycles. The van der Waals surface area contributed by atoms with Gasteiger partial charge in [0.05, 0.1) is 25.5 Å². The number of hydrogen-bond donors (Lipinski definition) is 3. The van der Waals surface area contributed by atoms with E-state index in [0.29, 0.717) is 11.2 Å². The number of esters is 1. The first-order valence-electron chi connectivity index (χ1n) is 5.79. The monoisotopic (exact) mass is 266 g/mol.